The molecule has 1 aromatic rings. The normalized spacial score (nSPS) is 16.8. The van der Waals surface area contributed by atoms with E-state index >= 15 is 0 Å². The zero-order chi connectivity index (χ0) is 16.3. The third-order valence-corrected chi connectivity index (χ3v) is 4.10. The van der Waals surface area contributed by atoms with Crippen LogP contribution >= 0.6 is 0 Å². The number of guanidine groups is 1. The number of para-hydroxylation sites is 1. The molecule has 1 heterocycles. The molecule has 0 radical (unpaired) electrons. The Morgan fingerprint density at radius 1 is 1.26 bits per heavy atom. The average Bonchev–Trinajstić information content (AvgIpc) is 2.60. The Balaban J connectivity index is 1.81. The Bertz CT molecular complexity index is 487. The summed E-state index contributed by atoms with van der Waals surface area (Å²) in [5.41, 5.74) is 1.33. The Morgan fingerprint density at radius 2 is 2.00 bits per heavy atom. The van der Waals surface area contributed by atoms with Crippen molar-refractivity contribution < 1.29 is 0 Å². The van der Waals surface area contributed by atoms with Crippen LogP contribution in [0.5, 0.6) is 0 Å². The first-order valence-corrected chi connectivity index (χ1v) is 8.79. The van der Waals surface area contributed by atoms with Crippen molar-refractivity contribution in [3.05, 3.63) is 42.5 Å². The lowest BCUT2D eigenvalue weighted by Gasteiger charge is -2.34. The topological polar surface area (TPSA) is 39.7 Å². The van der Waals surface area contributed by atoms with Gasteiger partial charge in [0.05, 0.1) is 0 Å². The molecule has 1 aliphatic heterocycles. The van der Waals surface area contributed by atoms with Crippen molar-refractivity contribution in [1.82, 2.24) is 10.6 Å². The van der Waals surface area contributed by atoms with Crippen LogP contribution in [0.3, 0.4) is 0 Å². The number of rotatable bonds is 6. The minimum Gasteiger partial charge on any atom is -0.371 e. The van der Waals surface area contributed by atoms with E-state index in [1.54, 1.807) is 0 Å². The van der Waals surface area contributed by atoms with E-state index < -0.39 is 0 Å². The van der Waals surface area contributed by atoms with E-state index in [9.17, 15) is 0 Å². The lowest BCUT2D eigenvalue weighted by Crippen LogP contribution is -2.48. The van der Waals surface area contributed by atoms with Gasteiger partial charge in [-0.15, -0.1) is 0 Å². The molecule has 126 valence electrons. The zero-order valence-electron chi connectivity index (χ0n) is 14.5. The molecule has 2 rings (SSSR count). The molecule has 23 heavy (non-hydrogen) atoms. The van der Waals surface area contributed by atoms with Gasteiger partial charge in [-0.25, -0.2) is 0 Å². The number of anilines is 1. The van der Waals surface area contributed by atoms with E-state index in [1.165, 1.54) is 5.69 Å². The van der Waals surface area contributed by atoms with Crippen LogP contribution in [0.2, 0.25) is 0 Å². The van der Waals surface area contributed by atoms with Crippen molar-refractivity contribution in [2.75, 3.05) is 31.1 Å². The second kappa shape index (κ2) is 9.93. The van der Waals surface area contributed by atoms with E-state index in [2.05, 4.69) is 69.9 Å². The van der Waals surface area contributed by atoms with E-state index in [0.717, 1.165) is 51.4 Å². The fourth-order valence-electron chi connectivity index (χ4n) is 2.85. The highest BCUT2D eigenvalue weighted by Gasteiger charge is 2.19. The van der Waals surface area contributed by atoms with Crippen molar-refractivity contribution >= 4 is 11.6 Å². The van der Waals surface area contributed by atoms with Gasteiger partial charge in [-0.3, -0.25) is 4.99 Å². The lowest BCUT2D eigenvalue weighted by molar-refractivity contribution is 0.461. The molecule has 1 aliphatic rings. The van der Waals surface area contributed by atoms with E-state index in [1.807, 2.05) is 6.92 Å². The summed E-state index contributed by atoms with van der Waals surface area (Å²) in [6, 6.07) is 11.2. The summed E-state index contributed by atoms with van der Waals surface area (Å²) in [6.45, 7) is 8.09. The van der Waals surface area contributed by atoms with Crippen molar-refractivity contribution in [1.29, 1.82) is 0 Å². The molecule has 0 spiro atoms. The fraction of sp³-hybridized carbons (Fsp3) is 0.526. The first-order valence-electron chi connectivity index (χ1n) is 8.79. The van der Waals surface area contributed by atoms with Crippen LogP contribution in [0.15, 0.2) is 47.5 Å². The predicted molar refractivity (Wildman–Crippen MR) is 100 cm³/mol. The van der Waals surface area contributed by atoms with Crippen LogP contribution in [0.4, 0.5) is 5.69 Å². The van der Waals surface area contributed by atoms with Crippen molar-refractivity contribution in [2.45, 2.75) is 39.2 Å². The Labute approximate surface area is 140 Å². The van der Waals surface area contributed by atoms with Crippen molar-refractivity contribution in [2.24, 2.45) is 4.99 Å². The number of nitrogens with zero attached hydrogens (tertiary/aromatic N) is 2. The Morgan fingerprint density at radius 3 is 2.65 bits per heavy atom. The molecule has 2 N–H and O–H groups in total. The molecule has 1 fully saturated rings. The number of allylic oxidation sites excluding steroid dienone is 1. The fourth-order valence-corrected chi connectivity index (χ4v) is 2.85. The highest BCUT2D eigenvalue weighted by Crippen LogP contribution is 2.19. The van der Waals surface area contributed by atoms with Crippen molar-refractivity contribution in [3.63, 3.8) is 0 Å². The van der Waals surface area contributed by atoms with Crippen LogP contribution in [-0.2, 0) is 0 Å². The van der Waals surface area contributed by atoms with Gasteiger partial charge in [0.1, 0.15) is 0 Å². The number of hydrogen-bond donors (Lipinski definition) is 2. The average molecular weight is 314 g/mol. The lowest BCUT2D eigenvalue weighted by atomic mass is 10.0. The van der Waals surface area contributed by atoms with Gasteiger partial charge in [-0.05, 0) is 45.2 Å². The van der Waals surface area contributed by atoms with Gasteiger partial charge >= 0.3 is 0 Å². The molecule has 0 saturated carbocycles. The predicted octanol–water partition coefficient (Wildman–Crippen LogP) is 3.18. The quantitative estimate of drug-likeness (QED) is 0.367. The molecule has 0 aromatic heterocycles. The number of piperidine rings is 1. The third kappa shape index (κ3) is 5.97. The largest absolute Gasteiger partial charge is 0.371 e. The minimum atomic E-state index is 0.509. The van der Waals surface area contributed by atoms with Gasteiger partial charge in [0.25, 0.3) is 0 Å². The van der Waals surface area contributed by atoms with Gasteiger partial charge in [-0.1, -0.05) is 30.4 Å². The Hall–Kier alpha value is -1.97. The maximum atomic E-state index is 4.65. The number of hydrogen-bond acceptors (Lipinski definition) is 2. The smallest absolute Gasteiger partial charge is 0.191 e. The summed E-state index contributed by atoms with van der Waals surface area (Å²) in [5.74, 6) is 0.954. The molecule has 1 aromatic carbocycles. The standard InChI is InChI=1S/C19H30N4/c1-3-5-9-14-21-19(20-4-2)22-17-12-15-23(16-13-17)18-10-7-6-8-11-18/h3,5-8,10-11,17H,4,9,12-16H2,1-2H3,(H2,20,21,22). The first kappa shape index (κ1) is 17.4. The summed E-state index contributed by atoms with van der Waals surface area (Å²) in [5, 5.41) is 6.94. The van der Waals surface area contributed by atoms with Gasteiger partial charge in [0.15, 0.2) is 5.96 Å². The van der Waals surface area contributed by atoms with E-state index in [-0.39, 0.29) is 0 Å². The second-order valence-electron chi connectivity index (χ2n) is 5.86. The molecule has 4 heteroatoms. The van der Waals surface area contributed by atoms with E-state index in [0.29, 0.717) is 6.04 Å². The molecule has 1 saturated heterocycles. The van der Waals surface area contributed by atoms with Crippen molar-refractivity contribution in [3.8, 4) is 0 Å². The molecule has 0 amide bonds. The van der Waals surface area contributed by atoms with Crippen LogP contribution < -0.4 is 15.5 Å². The highest BCUT2D eigenvalue weighted by atomic mass is 15.2. The van der Waals surface area contributed by atoms with Gasteiger partial charge < -0.3 is 15.5 Å². The SMILES string of the molecule is CC=CCCN=C(NCC)NC1CCN(c2ccccc2)CC1. The molecule has 0 unspecified atom stereocenters. The Kier molecular flexibility index (Phi) is 7.50. The maximum absolute atomic E-state index is 4.65. The number of nitrogens with one attached hydrogen (secondary N) is 2. The van der Waals surface area contributed by atoms with Crippen LogP contribution in [-0.4, -0.2) is 38.2 Å². The van der Waals surface area contributed by atoms with Crippen LogP contribution in [0, 0.1) is 0 Å². The monoisotopic (exact) mass is 314 g/mol. The molecular formula is C19H30N4. The number of benzene rings is 1. The molecule has 0 bridgehead atoms. The summed E-state index contributed by atoms with van der Waals surface area (Å²) >= 11 is 0. The zero-order valence-corrected chi connectivity index (χ0v) is 14.5. The maximum Gasteiger partial charge on any atom is 0.191 e. The summed E-state index contributed by atoms with van der Waals surface area (Å²) < 4.78 is 0. The van der Waals surface area contributed by atoms with Crippen LogP contribution in [0.25, 0.3) is 0 Å². The summed E-state index contributed by atoms with van der Waals surface area (Å²) in [7, 11) is 0. The first-order chi connectivity index (χ1) is 11.3. The number of aliphatic imine (C=N–C) groups is 1. The third-order valence-electron chi connectivity index (χ3n) is 4.10. The minimum absolute atomic E-state index is 0.509. The van der Waals surface area contributed by atoms with E-state index in [4.69, 9.17) is 0 Å². The highest BCUT2D eigenvalue weighted by molar-refractivity contribution is 5.80. The molecular weight excluding hydrogens is 284 g/mol. The molecule has 4 nitrogen and oxygen atoms in total. The molecule has 0 aliphatic carbocycles. The summed E-state index contributed by atoms with van der Waals surface area (Å²) in [4.78, 5) is 7.12. The van der Waals surface area contributed by atoms with Crippen LogP contribution in [0.1, 0.15) is 33.1 Å². The second-order valence-corrected chi connectivity index (χ2v) is 5.86. The van der Waals surface area contributed by atoms with Gasteiger partial charge in [0, 0.05) is 37.9 Å². The van der Waals surface area contributed by atoms with Gasteiger partial charge in [-0.2, -0.15) is 0 Å². The molecule has 0 atom stereocenters. The summed E-state index contributed by atoms with van der Waals surface area (Å²) in [6.07, 6.45) is 7.53. The van der Waals surface area contributed by atoms with Gasteiger partial charge in [0.2, 0.25) is 0 Å².